The highest BCUT2D eigenvalue weighted by Crippen LogP contribution is 2.34. The van der Waals surface area contributed by atoms with Gasteiger partial charge in [-0.3, -0.25) is 4.79 Å². The normalized spacial score (nSPS) is 21.3. The molecule has 1 aromatic carbocycles. The predicted octanol–water partition coefficient (Wildman–Crippen LogP) is 1.90. The topological polar surface area (TPSA) is 109 Å². The average molecular weight is 452 g/mol. The maximum absolute atomic E-state index is 11.3. The number of ether oxygens (including phenoxy) is 1. The molecule has 2 N–H and O–H groups in total. The first-order valence-electron chi connectivity index (χ1n) is 11.5. The van der Waals surface area contributed by atoms with Crippen molar-refractivity contribution < 1.29 is 14.6 Å². The highest BCUT2D eigenvalue weighted by molar-refractivity contribution is 5.91. The fourth-order valence-electron chi connectivity index (χ4n) is 4.63. The van der Waals surface area contributed by atoms with Crippen molar-refractivity contribution in [1.82, 2.24) is 25.2 Å². The van der Waals surface area contributed by atoms with E-state index in [1.54, 1.807) is 7.05 Å². The molecule has 1 saturated heterocycles. The number of rotatable bonds is 6. The molecule has 1 amide bonds. The second kappa shape index (κ2) is 9.42. The largest absolute Gasteiger partial charge is 0.393 e. The van der Waals surface area contributed by atoms with Gasteiger partial charge in [0.05, 0.1) is 48.3 Å². The van der Waals surface area contributed by atoms with Crippen LogP contribution in [0, 0.1) is 0 Å². The Morgan fingerprint density at radius 1 is 1.12 bits per heavy atom. The van der Waals surface area contributed by atoms with Gasteiger partial charge in [0.1, 0.15) is 0 Å². The molecule has 1 aliphatic heterocycles. The summed E-state index contributed by atoms with van der Waals surface area (Å²) >= 11 is 0. The lowest BCUT2D eigenvalue weighted by Gasteiger charge is -2.28. The molecule has 3 heterocycles. The number of amides is 1. The first kappa shape index (κ1) is 21.7. The molecule has 174 valence electrons. The third kappa shape index (κ3) is 4.29. The van der Waals surface area contributed by atoms with Crippen LogP contribution >= 0.6 is 0 Å². The lowest BCUT2D eigenvalue weighted by atomic mass is 9.93. The minimum atomic E-state index is -0.223. The van der Waals surface area contributed by atoms with Crippen molar-refractivity contribution in [2.24, 2.45) is 0 Å². The van der Waals surface area contributed by atoms with E-state index in [4.69, 9.17) is 19.8 Å². The Bertz CT molecular complexity index is 1100. The molecule has 3 aromatic rings. The maximum Gasteiger partial charge on any atom is 0.228 e. The monoisotopic (exact) mass is 451 g/mol. The molecule has 10 nitrogen and oxygen atoms in total. The highest BCUT2D eigenvalue weighted by Gasteiger charge is 2.26. The van der Waals surface area contributed by atoms with Crippen LogP contribution in [0.5, 0.6) is 0 Å². The van der Waals surface area contributed by atoms with Crippen molar-refractivity contribution in [1.29, 1.82) is 0 Å². The van der Waals surface area contributed by atoms with Crippen LogP contribution in [0.1, 0.15) is 31.7 Å². The summed E-state index contributed by atoms with van der Waals surface area (Å²) in [4.78, 5) is 23.3. The first-order valence-corrected chi connectivity index (χ1v) is 11.5. The van der Waals surface area contributed by atoms with Gasteiger partial charge in [-0.05, 0) is 37.8 Å². The Hall–Kier alpha value is -3.08. The Morgan fingerprint density at radius 3 is 2.52 bits per heavy atom. The maximum atomic E-state index is 11.3. The molecule has 0 atom stereocenters. The summed E-state index contributed by atoms with van der Waals surface area (Å²) < 4.78 is 7.53. The van der Waals surface area contributed by atoms with Crippen molar-refractivity contribution >= 4 is 29.1 Å². The number of aliphatic hydroxyl groups is 1. The number of hydrazine groups is 1. The van der Waals surface area contributed by atoms with Crippen LogP contribution in [0.15, 0.2) is 30.5 Å². The van der Waals surface area contributed by atoms with E-state index in [9.17, 15) is 9.90 Å². The number of aromatic nitrogens is 4. The minimum absolute atomic E-state index is 0.213. The smallest absolute Gasteiger partial charge is 0.228 e. The van der Waals surface area contributed by atoms with Crippen LogP contribution in [0.3, 0.4) is 0 Å². The first-order chi connectivity index (χ1) is 16.2. The van der Waals surface area contributed by atoms with Gasteiger partial charge in [0, 0.05) is 25.7 Å². The predicted molar refractivity (Wildman–Crippen MR) is 125 cm³/mol. The molecule has 2 aromatic heterocycles. The standard InChI is InChI=1S/C23H29N7O3/c1-24-29(15-31)17-4-2-16(3-5-17)21-20-14-25-30(18-6-8-19(32)9-7-18)22(20)27-23(26-21)28-10-12-33-13-11-28/h2-5,14-15,18-19,24,32H,6-13H2,1H3. The van der Waals surface area contributed by atoms with Gasteiger partial charge < -0.3 is 14.7 Å². The van der Waals surface area contributed by atoms with Gasteiger partial charge in [-0.25, -0.2) is 20.1 Å². The van der Waals surface area contributed by atoms with E-state index in [2.05, 4.69) is 10.3 Å². The van der Waals surface area contributed by atoms with Crippen LogP contribution in [0.4, 0.5) is 11.6 Å². The summed E-state index contributed by atoms with van der Waals surface area (Å²) in [6.07, 6.45) is 5.67. The third-order valence-corrected chi connectivity index (χ3v) is 6.51. The number of benzene rings is 1. The molecule has 0 bridgehead atoms. The number of hydrogen-bond acceptors (Lipinski definition) is 8. The van der Waals surface area contributed by atoms with Crippen molar-refractivity contribution in [3.63, 3.8) is 0 Å². The van der Waals surface area contributed by atoms with E-state index in [1.807, 2.05) is 35.1 Å². The van der Waals surface area contributed by atoms with E-state index >= 15 is 0 Å². The second-order valence-corrected chi connectivity index (χ2v) is 8.51. The fourth-order valence-corrected chi connectivity index (χ4v) is 4.63. The Balaban J connectivity index is 1.58. The minimum Gasteiger partial charge on any atom is -0.393 e. The van der Waals surface area contributed by atoms with Gasteiger partial charge in [-0.2, -0.15) is 10.1 Å². The van der Waals surface area contributed by atoms with Gasteiger partial charge in [0.25, 0.3) is 0 Å². The zero-order valence-corrected chi connectivity index (χ0v) is 18.7. The summed E-state index contributed by atoms with van der Waals surface area (Å²) in [5, 5.41) is 17.0. The molecule has 2 aliphatic rings. The molecule has 33 heavy (non-hydrogen) atoms. The molecule has 0 radical (unpaired) electrons. The summed E-state index contributed by atoms with van der Waals surface area (Å²) in [6, 6.07) is 7.90. The molecular formula is C23H29N7O3. The zero-order chi connectivity index (χ0) is 22.8. The SMILES string of the molecule is CNN(C=O)c1ccc(-c2nc(N3CCOCC3)nc3c2cnn3C2CCC(O)CC2)cc1. The molecule has 1 aliphatic carbocycles. The van der Waals surface area contributed by atoms with E-state index in [0.29, 0.717) is 19.2 Å². The number of nitrogens with zero attached hydrogens (tertiary/aromatic N) is 6. The second-order valence-electron chi connectivity index (χ2n) is 8.51. The highest BCUT2D eigenvalue weighted by atomic mass is 16.5. The van der Waals surface area contributed by atoms with E-state index in [1.165, 1.54) is 5.01 Å². The molecule has 0 unspecified atom stereocenters. The van der Waals surface area contributed by atoms with Crippen molar-refractivity contribution in [3.8, 4) is 11.3 Å². The van der Waals surface area contributed by atoms with Gasteiger partial charge >= 0.3 is 0 Å². The molecule has 0 spiro atoms. The number of anilines is 2. The third-order valence-electron chi connectivity index (χ3n) is 6.51. The number of carbonyl (C=O) groups excluding carboxylic acids is 1. The van der Waals surface area contributed by atoms with Crippen LogP contribution in [0.2, 0.25) is 0 Å². The van der Waals surface area contributed by atoms with Crippen LogP contribution in [-0.4, -0.2) is 70.7 Å². The Kier molecular flexibility index (Phi) is 6.21. The fraction of sp³-hybridized carbons (Fsp3) is 0.478. The molecule has 2 fully saturated rings. The summed E-state index contributed by atoms with van der Waals surface area (Å²) in [5.74, 6) is 0.673. The van der Waals surface area contributed by atoms with Crippen LogP contribution in [-0.2, 0) is 9.53 Å². The molecular weight excluding hydrogens is 422 g/mol. The van der Waals surface area contributed by atoms with Crippen LogP contribution in [0.25, 0.3) is 22.3 Å². The van der Waals surface area contributed by atoms with E-state index in [0.717, 1.165) is 73.2 Å². The van der Waals surface area contributed by atoms with Crippen LogP contribution < -0.4 is 15.3 Å². The van der Waals surface area contributed by atoms with Gasteiger partial charge in [0.2, 0.25) is 12.4 Å². The van der Waals surface area contributed by atoms with Crippen molar-refractivity contribution in [3.05, 3.63) is 30.5 Å². The number of hydrogen-bond donors (Lipinski definition) is 2. The lowest BCUT2D eigenvalue weighted by Crippen LogP contribution is -2.37. The quantitative estimate of drug-likeness (QED) is 0.432. The number of carbonyl (C=O) groups is 1. The average Bonchev–Trinajstić information content (AvgIpc) is 3.30. The summed E-state index contributed by atoms with van der Waals surface area (Å²) in [6.45, 7) is 2.78. The number of nitrogens with one attached hydrogen (secondary N) is 1. The molecule has 5 rings (SSSR count). The molecule has 1 saturated carbocycles. The van der Waals surface area contributed by atoms with Crippen molar-refractivity contribution in [2.45, 2.75) is 37.8 Å². The van der Waals surface area contributed by atoms with E-state index in [-0.39, 0.29) is 12.1 Å². The van der Waals surface area contributed by atoms with Gasteiger partial charge in [0.15, 0.2) is 5.65 Å². The Morgan fingerprint density at radius 2 is 1.85 bits per heavy atom. The lowest BCUT2D eigenvalue weighted by molar-refractivity contribution is -0.107. The van der Waals surface area contributed by atoms with Gasteiger partial charge in [-0.1, -0.05) is 12.1 Å². The summed E-state index contributed by atoms with van der Waals surface area (Å²) in [5.41, 5.74) is 6.15. The summed E-state index contributed by atoms with van der Waals surface area (Å²) in [7, 11) is 1.70. The van der Waals surface area contributed by atoms with Gasteiger partial charge in [-0.15, -0.1) is 0 Å². The van der Waals surface area contributed by atoms with Crippen molar-refractivity contribution in [2.75, 3.05) is 43.3 Å². The number of aliphatic hydroxyl groups excluding tert-OH is 1. The number of morpholine rings is 1. The zero-order valence-electron chi connectivity index (χ0n) is 18.7. The number of fused-ring (bicyclic) bond motifs is 1. The van der Waals surface area contributed by atoms with E-state index < -0.39 is 0 Å². The Labute approximate surface area is 192 Å². The molecule has 10 heteroatoms.